The van der Waals surface area contributed by atoms with Crippen LogP contribution in [0, 0.1) is 10.1 Å². The highest BCUT2D eigenvalue weighted by molar-refractivity contribution is 5.51. The van der Waals surface area contributed by atoms with Crippen molar-refractivity contribution in [2.24, 2.45) is 0 Å². The first-order chi connectivity index (χ1) is 9.11. The first kappa shape index (κ1) is 13.8. The zero-order chi connectivity index (χ0) is 13.8. The molecule has 1 aliphatic rings. The van der Waals surface area contributed by atoms with E-state index in [0.717, 1.165) is 5.69 Å². The third kappa shape index (κ3) is 3.23. The maximum Gasteiger partial charge on any atom is 0.269 e. The van der Waals surface area contributed by atoms with Gasteiger partial charge in [0.25, 0.3) is 5.69 Å². The third-order valence-corrected chi connectivity index (χ3v) is 4.12. The Labute approximate surface area is 113 Å². The Morgan fingerprint density at radius 2 is 1.79 bits per heavy atom. The van der Waals surface area contributed by atoms with E-state index in [1.807, 2.05) is 19.2 Å². The van der Waals surface area contributed by atoms with Gasteiger partial charge in [0.1, 0.15) is 0 Å². The van der Waals surface area contributed by atoms with Crippen LogP contribution in [0.2, 0.25) is 0 Å². The molecule has 1 aliphatic carbocycles. The van der Waals surface area contributed by atoms with Crippen LogP contribution in [0.5, 0.6) is 0 Å². The van der Waals surface area contributed by atoms with Crippen LogP contribution in [0.3, 0.4) is 0 Å². The number of non-ortho nitro benzene ring substituents is 1. The molecule has 5 heteroatoms. The summed E-state index contributed by atoms with van der Waals surface area (Å²) in [7, 11) is 4.09. The smallest absolute Gasteiger partial charge is 0.269 e. The van der Waals surface area contributed by atoms with Gasteiger partial charge in [-0.2, -0.15) is 0 Å². The summed E-state index contributed by atoms with van der Waals surface area (Å²) in [5.74, 6) is 0. The molecule has 1 fully saturated rings. The minimum Gasteiger partial charge on any atom is -0.372 e. The predicted molar refractivity (Wildman–Crippen MR) is 76.6 cm³/mol. The van der Waals surface area contributed by atoms with Gasteiger partial charge in [0.2, 0.25) is 0 Å². The summed E-state index contributed by atoms with van der Waals surface area (Å²) in [4.78, 5) is 12.5. The lowest BCUT2D eigenvalue weighted by molar-refractivity contribution is -0.384. The predicted octanol–water partition coefficient (Wildman–Crippen LogP) is 2.56. The van der Waals surface area contributed by atoms with Gasteiger partial charge in [-0.15, -0.1) is 0 Å². The Balaban J connectivity index is 1.99. The number of rotatable bonds is 4. The van der Waals surface area contributed by atoms with E-state index in [4.69, 9.17) is 0 Å². The Morgan fingerprint density at radius 3 is 2.26 bits per heavy atom. The topological polar surface area (TPSA) is 58.4 Å². The lowest BCUT2D eigenvalue weighted by atomic mass is 9.90. The fraction of sp³-hybridized carbons (Fsp3) is 0.571. The van der Waals surface area contributed by atoms with Crippen molar-refractivity contribution in [1.29, 1.82) is 0 Å². The summed E-state index contributed by atoms with van der Waals surface area (Å²) in [6.45, 7) is 0. The van der Waals surface area contributed by atoms with Gasteiger partial charge in [-0.25, -0.2) is 0 Å². The minimum atomic E-state index is -0.359. The van der Waals surface area contributed by atoms with Gasteiger partial charge in [0.05, 0.1) is 4.92 Å². The standard InChI is InChI=1S/C14H21N3O2/c1-15-11-3-5-12(6-4-11)16(2)13-7-9-14(10-8-13)17(18)19/h7-12,15H,3-6H2,1-2H3. The third-order valence-electron chi connectivity index (χ3n) is 4.12. The number of nitrogens with one attached hydrogen (secondary N) is 1. The van der Waals surface area contributed by atoms with Crippen molar-refractivity contribution in [1.82, 2.24) is 5.32 Å². The number of nitro benzene ring substituents is 1. The fourth-order valence-electron chi connectivity index (χ4n) is 2.77. The lowest BCUT2D eigenvalue weighted by Crippen LogP contribution is -2.39. The van der Waals surface area contributed by atoms with E-state index in [2.05, 4.69) is 17.3 Å². The number of hydrogen-bond donors (Lipinski definition) is 1. The molecule has 104 valence electrons. The molecule has 0 spiro atoms. The van der Waals surface area contributed by atoms with Crippen LogP contribution in [0.25, 0.3) is 0 Å². The minimum absolute atomic E-state index is 0.149. The van der Waals surface area contributed by atoms with Crippen molar-refractivity contribution in [3.05, 3.63) is 34.4 Å². The molecule has 0 radical (unpaired) electrons. The Kier molecular flexibility index (Phi) is 4.37. The Morgan fingerprint density at radius 1 is 1.21 bits per heavy atom. The summed E-state index contributed by atoms with van der Waals surface area (Å²) >= 11 is 0. The molecule has 1 saturated carbocycles. The highest BCUT2D eigenvalue weighted by Gasteiger charge is 2.23. The van der Waals surface area contributed by atoms with Crippen LogP contribution in [-0.4, -0.2) is 31.1 Å². The second kappa shape index (κ2) is 6.02. The summed E-state index contributed by atoms with van der Waals surface area (Å²) < 4.78 is 0. The molecule has 0 amide bonds. The maximum atomic E-state index is 10.6. The van der Waals surface area contributed by atoms with Gasteiger partial charge < -0.3 is 10.2 Å². The molecule has 2 rings (SSSR count). The summed E-state index contributed by atoms with van der Waals surface area (Å²) in [5.41, 5.74) is 1.20. The maximum absolute atomic E-state index is 10.6. The lowest BCUT2D eigenvalue weighted by Gasteiger charge is -2.35. The number of benzene rings is 1. The summed E-state index contributed by atoms with van der Waals surface area (Å²) in [5, 5.41) is 14.0. The van der Waals surface area contributed by atoms with E-state index in [9.17, 15) is 10.1 Å². The molecule has 0 saturated heterocycles. The molecular weight excluding hydrogens is 242 g/mol. The number of anilines is 1. The van der Waals surface area contributed by atoms with Gasteiger partial charge in [0, 0.05) is 37.0 Å². The molecule has 0 atom stereocenters. The molecule has 0 bridgehead atoms. The fourth-order valence-corrected chi connectivity index (χ4v) is 2.77. The van der Waals surface area contributed by atoms with E-state index < -0.39 is 0 Å². The molecule has 0 aromatic heterocycles. The first-order valence-electron chi connectivity index (χ1n) is 6.76. The summed E-state index contributed by atoms with van der Waals surface area (Å²) in [6, 6.07) is 7.99. The van der Waals surface area contributed by atoms with E-state index in [1.165, 1.54) is 25.7 Å². The van der Waals surface area contributed by atoms with Crippen molar-refractivity contribution in [2.75, 3.05) is 19.0 Å². The number of hydrogen-bond acceptors (Lipinski definition) is 4. The second-order valence-electron chi connectivity index (χ2n) is 5.18. The molecule has 1 aromatic carbocycles. The molecule has 19 heavy (non-hydrogen) atoms. The van der Waals surface area contributed by atoms with Crippen molar-refractivity contribution < 1.29 is 4.92 Å². The molecule has 1 aromatic rings. The molecular formula is C14H21N3O2. The van der Waals surface area contributed by atoms with Gasteiger partial charge in [0.15, 0.2) is 0 Å². The highest BCUT2D eigenvalue weighted by atomic mass is 16.6. The van der Waals surface area contributed by atoms with Crippen LogP contribution < -0.4 is 10.2 Å². The Bertz CT molecular complexity index is 425. The average Bonchev–Trinajstić information content (AvgIpc) is 2.46. The number of nitro groups is 1. The van der Waals surface area contributed by atoms with E-state index in [1.54, 1.807) is 12.1 Å². The normalized spacial score (nSPS) is 23.1. The molecule has 5 nitrogen and oxygen atoms in total. The number of nitrogens with zero attached hydrogens (tertiary/aromatic N) is 2. The molecule has 0 heterocycles. The van der Waals surface area contributed by atoms with Gasteiger partial charge in [-0.1, -0.05) is 0 Å². The SMILES string of the molecule is CNC1CCC(N(C)c2ccc([N+](=O)[O-])cc2)CC1. The van der Waals surface area contributed by atoms with Gasteiger partial charge in [-0.05, 0) is 44.9 Å². The molecule has 1 N–H and O–H groups in total. The van der Waals surface area contributed by atoms with Crippen molar-refractivity contribution in [3.63, 3.8) is 0 Å². The van der Waals surface area contributed by atoms with E-state index >= 15 is 0 Å². The quantitative estimate of drug-likeness (QED) is 0.670. The second-order valence-corrected chi connectivity index (χ2v) is 5.18. The van der Waals surface area contributed by atoms with E-state index in [0.29, 0.717) is 12.1 Å². The van der Waals surface area contributed by atoms with Crippen LogP contribution in [-0.2, 0) is 0 Å². The Hall–Kier alpha value is -1.62. The van der Waals surface area contributed by atoms with Crippen molar-refractivity contribution in [2.45, 2.75) is 37.8 Å². The molecule has 0 unspecified atom stereocenters. The van der Waals surface area contributed by atoms with Crippen molar-refractivity contribution in [3.8, 4) is 0 Å². The van der Waals surface area contributed by atoms with Crippen LogP contribution in [0.15, 0.2) is 24.3 Å². The van der Waals surface area contributed by atoms with E-state index in [-0.39, 0.29) is 10.6 Å². The van der Waals surface area contributed by atoms with Gasteiger partial charge in [-0.3, -0.25) is 10.1 Å². The highest BCUT2D eigenvalue weighted by Crippen LogP contribution is 2.27. The van der Waals surface area contributed by atoms with Crippen LogP contribution in [0.1, 0.15) is 25.7 Å². The van der Waals surface area contributed by atoms with Crippen molar-refractivity contribution >= 4 is 11.4 Å². The van der Waals surface area contributed by atoms with Crippen LogP contribution in [0.4, 0.5) is 11.4 Å². The van der Waals surface area contributed by atoms with Gasteiger partial charge >= 0.3 is 0 Å². The zero-order valence-electron chi connectivity index (χ0n) is 11.5. The monoisotopic (exact) mass is 263 g/mol. The zero-order valence-corrected chi connectivity index (χ0v) is 11.5. The molecule has 0 aliphatic heterocycles. The first-order valence-corrected chi connectivity index (χ1v) is 6.76. The largest absolute Gasteiger partial charge is 0.372 e. The van der Waals surface area contributed by atoms with Crippen LogP contribution >= 0.6 is 0 Å². The average molecular weight is 263 g/mol. The summed E-state index contributed by atoms with van der Waals surface area (Å²) in [6.07, 6.45) is 4.72.